The number of rotatable bonds is 14. The van der Waals surface area contributed by atoms with E-state index in [4.69, 9.17) is 9.47 Å². The van der Waals surface area contributed by atoms with E-state index in [-0.39, 0.29) is 6.10 Å². The minimum absolute atomic E-state index is 0.152. The third kappa shape index (κ3) is 8.06. The van der Waals surface area contributed by atoms with Gasteiger partial charge in [-0.3, -0.25) is 0 Å². The SMILES string of the molecule is CCCCCCCOC(C)c1ccc(-c2ccc(OCCCCC)cc2)cc1. The van der Waals surface area contributed by atoms with Crippen molar-refractivity contribution in [2.24, 2.45) is 0 Å². The van der Waals surface area contributed by atoms with Crippen LogP contribution >= 0.6 is 0 Å². The Morgan fingerprint density at radius 3 is 1.82 bits per heavy atom. The van der Waals surface area contributed by atoms with Gasteiger partial charge in [0.1, 0.15) is 5.75 Å². The number of benzene rings is 2. The molecule has 0 aliphatic rings. The highest BCUT2D eigenvalue weighted by molar-refractivity contribution is 5.64. The summed E-state index contributed by atoms with van der Waals surface area (Å²) in [6.07, 6.45) is 10.1. The van der Waals surface area contributed by atoms with Crippen LogP contribution < -0.4 is 4.74 Å². The lowest BCUT2D eigenvalue weighted by atomic mass is 10.0. The molecule has 1 atom stereocenters. The Morgan fingerprint density at radius 1 is 0.643 bits per heavy atom. The zero-order chi connectivity index (χ0) is 20.0. The largest absolute Gasteiger partial charge is 0.494 e. The molecular weight excluding hydrogens is 344 g/mol. The first-order valence-electron chi connectivity index (χ1n) is 11.2. The molecule has 2 rings (SSSR count). The summed E-state index contributed by atoms with van der Waals surface area (Å²) in [5.74, 6) is 0.956. The lowest BCUT2D eigenvalue weighted by Gasteiger charge is -2.14. The molecule has 0 N–H and O–H groups in total. The molecule has 1 unspecified atom stereocenters. The zero-order valence-corrected chi connectivity index (χ0v) is 18.1. The van der Waals surface area contributed by atoms with Crippen LogP contribution in [-0.2, 0) is 4.74 Å². The molecule has 2 nitrogen and oxygen atoms in total. The summed E-state index contributed by atoms with van der Waals surface area (Å²) in [5, 5.41) is 0. The molecule has 2 aromatic rings. The van der Waals surface area contributed by atoms with Crippen LogP contribution in [0.25, 0.3) is 11.1 Å². The lowest BCUT2D eigenvalue weighted by molar-refractivity contribution is 0.0627. The van der Waals surface area contributed by atoms with Crippen molar-refractivity contribution in [1.82, 2.24) is 0 Å². The van der Waals surface area contributed by atoms with Crippen LogP contribution in [0.15, 0.2) is 48.5 Å². The standard InChI is InChI=1S/C26H38O2/c1-4-6-8-9-11-20-27-22(3)23-12-14-24(15-13-23)25-16-18-26(19-17-25)28-21-10-7-5-2/h12-19,22H,4-11,20-21H2,1-3H3. The minimum Gasteiger partial charge on any atom is -0.494 e. The number of unbranched alkanes of at least 4 members (excludes halogenated alkanes) is 6. The van der Waals surface area contributed by atoms with Crippen molar-refractivity contribution < 1.29 is 9.47 Å². The van der Waals surface area contributed by atoms with Crippen LogP contribution in [0.3, 0.4) is 0 Å². The van der Waals surface area contributed by atoms with Gasteiger partial charge in [-0.05, 0) is 48.6 Å². The van der Waals surface area contributed by atoms with Crippen LogP contribution in [0.1, 0.15) is 83.8 Å². The zero-order valence-electron chi connectivity index (χ0n) is 18.1. The predicted molar refractivity (Wildman–Crippen MR) is 120 cm³/mol. The fraction of sp³-hybridized carbons (Fsp3) is 0.538. The Balaban J connectivity index is 1.79. The summed E-state index contributed by atoms with van der Waals surface area (Å²) in [6, 6.07) is 17.2. The van der Waals surface area contributed by atoms with E-state index in [0.29, 0.717) is 0 Å². The Bertz CT molecular complexity index is 630. The van der Waals surface area contributed by atoms with Gasteiger partial charge in [0.25, 0.3) is 0 Å². The highest BCUT2D eigenvalue weighted by Gasteiger charge is 2.06. The van der Waals surface area contributed by atoms with Crippen LogP contribution in [0.4, 0.5) is 0 Å². The summed E-state index contributed by atoms with van der Waals surface area (Å²) < 4.78 is 11.8. The van der Waals surface area contributed by atoms with Gasteiger partial charge in [0.05, 0.1) is 12.7 Å². The van der Waals surface area contributed by atoms with Crippen LogP contribution in [0.2, 0.25) is 0 Å². The molecule has 0 heterocycles. The van der Waals surface area contributed by atoms with E-state index < -0.39 is 0 Å². The van der Waals surface area contributed by atoms with Crippen molar-refractivity contribution in [1.29, 1.82) is 0 Å². The van der Waals surface area contributed by atoms with E-state index in [9.17, 15) is 0 Å². The summed E-state index contributed by atoms with van der Waals surface area (Å²) in [7, 11) is 0. The predicted octanol–water partition coefficient (Wildman–Crippen LogP) is 7.97. The molecule has 154 valence electrons. The second-order valence-corrected chi connectivity index (χ2v) is 7.63. The van der Waals surface area contributed by atoms with Crippen molar-refractivity contribution in [2.45, 2.75) is 78.2 Å². The van der Waals surface area contributed by atoms with Gasteiger partial charge in [-0.15, -0.1) is 0 Å². The maximum absolute atomic E-state index is 6.01. The smallest absolute Gasteiger partial charge is 0.119 e. The summed E-state index contributed by atoms with van der Waals surface area (Å²) in [4.78, 5) is 0. The van der Waals surface area contributed by atoms with E-state index in [1.165, 1.54) is 55.2 Å². The molecule has 0 bridgehead atoms. The Kier molecular flexibility index (Phi) is 10.8. The molecule has 0 amide bonds. The molecule has 0 aromatic heterocycles. The highest BCUT2D eigenvalue weighted by Crippen LogP contribution is 2.25. The topological polar surface area (TPSA) is 18.5 Å². The Hall–Kier alpha value is -1.80. The summed E-state index contributed by atoms with van der Waals surface area (Å²) in [5.41, 5.74) is 3.69. The van der Waals surface area contributed by atoms with Crippen molar-refractivity contribution in [3.8, 4) is 16.9 Å². The average Bonchev–Trinajstić information content (AvgIpc) is 2.74. The normalized spacial score (nSPS) is 12.1. The molecule has 0 radical (unpaired) electrons. The molecule has 0 aliphatic carbocycles. The number of hydrogen-bond donors (Lipinski definition) is 0. The summed E-state index contributed by atoms with van der Waals surface area (Å²) in [6.45, 7) is 8.26. The van der Waals surface area contributed by atoms with Gasteiger partial charge in [-0.25, -0.2) is 0 Å². The van der Waals surface area contributed by atoms with Gasteiger partial charge in [0, 0.05) is 6.61 Å². The fourth-order valence-electron chi connectivity index (χ4n) is 3.29. The Labute approximate surface area is 172 Å². The first kappa shape index (κ1) is 22.5. The molecule has 0 spiro atoms. The molecule has 2 heteroatoms. The van der Waals surface area contributed by atoms with Crippen molar-refractivity contribution in [3.05, 3.63) is 54.1 Å². The number of hydrogen-bond acceptors (Lipinski definition) is 2. The molecule has 0 saturated heterocycles. The molecule has 0 saturated carbocycles. The van der Waals surface area contributed by atoms with E-state index >= 15 is 0 Å². The van der Waals surface area contributed by atoms with Crippen molar-refractivity contribution in [2.75, 3.05) is 13.2 Å². The first-order valence-corrected chi connectivity index (χ1v) is 11.2. The van der Waals surface area contributed by atoms with Gasteiger partial charge in [0.15, 0.2) is 0 Å². The van der Waals surface area contributed by atoms with Crippen LogP contribution in [-0.4, -0.2) is 13.2 Å². The van der Waals surface area contributed by atoms with Crippen LogP contribution in [0.5, 0.6) is 5.75 Å². The van der Waals surface area contributed by atoms with Gasteiger partial charge < -0.3 is 9.47 Å². The average molecular weight is 383 g/mol. The molecule has 0 aliphatic heterocycles. The van der Waals surface area contributed by atoms with Gasteiger partial charge in [-0.1, -0.05) is 88.8 Å². The quantitative estimate of drug-likeness (QED) is 0.308. The van der Waals surface area contributed by atoms with Gasteiger partial charge in [0.2, 0.25) is 0 Å². The van der Waals surface area contributed by atoms with Gasteiger partial charge in [-0.2, -0.15) is 0 Å². The minimum atomic E-state index is 0.152. The monoisotopic (exact) mass is 382 g/mol. The third-order valence-electron chi connectivity index (χ3n) is 5.20. The van der Waals surface area contributed by atoms with E-state index in [2.05, 4.69) is 69.3 Å². The van der Waals surface area contributed by atoms with Gasteiger partial charge >= 0.3 is 0 Å². The molecule has 2 aromatic carbocycles. The fourth-order valence-corrected chi connectivity index (χ4v) is 3.29. The second kappa shape index (κ2) is 13.4. The van der Waals surface area contributed by atoms with E-state index in [1.807, 2.05) is 0 Å². The molecular formula is C26H38O2. The molecule has 0 fully saturated rings. The Morgan fingerprint density at radius 2 is 1.18 bits per heavy atom. The summed E-state index contributed by atoms with van der Waals surface area (Å²) >= 11 is 0. The van der Waals surface area contributed by atoms with E-state index in [0.717, 1.165) is 31.8 Å². The van der Waals surface area contributed by atoms with E-state index in [1.54, 1.807) is 0 Å². The maximum atomic E-state index is 6.01. The number of ether oxygens (including phenoxy) is 2. The molecule has 28 heavy (non-hydrogen) atoms. The second-order valence-electron chi connectivity index (χ2n) is 7.63. The maximum Gasteiger partial charge on any atom is 0.119 e. The first-order chi connectivity index (χ1) is 13.7. The highest BCUT2D eigenvalue weighted by atomic mass is 16.5. The van der Waals surface area contributed by atoms with Crippen molar-refractivity contribution >= 4 is 0 Å². The lowest BCUT2D eigenvalue weighted by Crippen LogP contribution is -2.01. The van der Waals surface area contributed by atoms with Crippen molar-refractivity contribution in [3.63, 3.8) is 0 Å². The van der Waals surface area contributed by atoms with Crippen LogP contribution in [0, 0.1) is 0 Å². The third-order valence-corrected chi connectivity index (χ3v) is 5.20.